The summed E-state index contributed by atoms with van der Waals surface area (Å²) in [6.07, 6.45) is 5.99. The van der Waals surface area contributed by atoms with Gasteiger partial charge in [0.15, 0.2) is 11.5 Å². The molecular formula is C28H42N2O8. The Hall–Kier alpha value is -3.24. The lowest BCUT2D eigenvalue weighted by Crippen LogP contribution is -2.27. The highest BCUT2D eigenvalue weighted by atomic mass is 16.6. The van der Waals surface area contributed by atoms with E-state index in [2.05, 4.69) is 5.32 Å². The molecule has 0 bridgehead atoms. The van der Waals surface area contributed by atoms with Gasteiger partial charge in [0.1, 0.15) is 18.8 Å². The molecule has 0 fully saturated rings. The number of aliphatic hydroxyl groups excluding tert-OH is 2. The molecule has 1 aromatic carbocycles. The van der Waals surface area contributed by atoms with Crippen LogP contribution in [-0.4, -0.2) is 65.8 Å². The molecule has 0 saturated carbocycles. The van der Waals surface area contributed by atoms with Crippen LogP contribution in [0.1, 0.15) is 64.0 Å². The lowest BCUT2D eigenvalue weighted by atomic mass is 9.91. The quantitative estimate of drug-likeness (QED) is 0.199. The van der Waals surface area contributed by atoms with E-state index in [1.165, 1.54) is 13.8 Å². The van der Waals surface area contributed by atoms with Crippen LogP contribution in [0.2, 0.25) is 0 Å². The van der Waals surface area contributed by atoms with Gasteiger partial charge in [-0.1, -0.05) is 19.4 Å². The molecule has 3 atom stereocenters. The van der Waals surface area contributed by atoms with Gasteiger partial charge in [-0.2, -0.15) is 0 Å². The van der Waals surface area contributed by atoms with Crippen molar-refractivity contribution < 1.29 is 39.1 Å². The van der Waals surface area contributed by atoms with E-state index in [4.69, 9.17) is 25.1 Å². The number of nitrogens with one attached hydrogen (secondary N) is 1. The van der Waals surface area contributed by atoms with Gasteiger partial charge in [-0.15, -0.1) is 0 Å². The fraction of sp³-hybridized carbons (Fsp3) is 0.571. The monoisotopic (exact) mass is 534 g/mol. The molecule has 0 saturated heterocycles. The Balaban J connectivity index is 2.29. The van der Waals surface area contributed by atoms with Crippen LogP contribution in [-0.2, 0) is 25.5 Å². The minimum absolute atomic E-state index is 0.0263. The summed E-state index contributed by atoms with van der Waals surface area (Å²) in [5.74, 6) is -0.0692. The summed E-state index contributed by atoms with van der Waals surface area (Å²) in [4.78, 5) is 23.7. The molecule has 1 aliphatic heterocycles. The summed E-state index contributed by atoms with van der Waals surface area (Å²) >= 11 is 0. The molecule has 1 aromatic rings. The van der Waals surface area contributed by atoms with Gasteiger partial charge in [-0.25, -0.2) is 0 Å². The smallest absolute Gasteiger partial charge is 0.302 e. The van der Waals surface area contributed by atoms with Crippen LogP contribution in [0.25, 0.3) is 5.57 Å². The van der Waals surface area contributed by atoms with Crippen LogP contribution in [0.15, 0.2) is 30.1 Å². The second-order valence-corrected chi connectivity index (χ2v) is 9.46. The van der Waals surface area contributed by atoms with Crippen LogP contribution in [0, 0.1) is 5.92 Å². The van der Waals surface area contributed by atoms with Crippen molar-refractivity contribution in [2.24, 2.45) is 11.7 Å². The average molecular weight is 535 g/mol. The number of hydrogen-bond donors (Lipinski definition) is 5. The van der Waals surface area contributed by atoms with E-state index in [1.807, 2.05) is 13.0 Å². The lowest BCUT2D eigenvalue weighted by Gasteiger charge is -2.25. The van der Waals surface area contributed by atoms with Gasteiger partial charge < -0.3 is 40.6 Å². The topological polar surface area (TPSA) is 161 Å². The molecule has 1 heterocycles. The Kier molecular flexibility index (Phi) is 12.9. The Morgan fingerprint density at radius 3 is 2.34 bits per heavy atom. The summed E-state index contributed by atoms with van der Waals surface area (Å²) in [6.45, 7) is 5.11. The van der Waals surface area contributed by atoms with E-state index < -0.39 is 24.1 Å². The molecule has 212 valence electrons. The van der Waals surface area contributed by atoms with Gasteiger partial charge in [0.05, 0.1) is 12.4 Å². The molecule has 0 unspecified atom stereocenters. The SMILES string of the molecule is CC[C@H](CO)CC[C@@H](C[C@@H](CCc1cc(OCCO)c(O)cc1C1=CCNC(N)=C1)OC(C)=O)OC(C)=O. The molecule has 10 heteroatoms. The number of aromatic hydroxyl groups is 1. The highest BCUT2D eigenvalue weighted by molar-refractivity contribution is 5.79. The number of benzene rings is 1. The number of aliphatic hydroxyl groups is 2. The number of rotatable bonds is 16. The zero-order chi connectivity index (χ0) is 28.1. The minimum Gasteiger partial charge on any atom is -0.504 e. The van der Waals surface area contributed by atoms with E-state index in [-0.39, 0.29) is 37.2 Å². The predicted octanol–water partition coefficient (Wildman–Crippen LogP) is 2.53. The molecule has 6 N–H and O–H groups in total. The third-order valence-corrected chi connectivity index (χ3v) is 6.44. The number of phenolic OH excluding ortho intramolecular Hbond substituents is 1. The number of dihydropyridines is 1. The maximum atomic E-state index is 11.9. The Labute approximate surface area is 224 Å². The van der Waals surface area contributed by atoms with Crippen LogP contribution in [0.5, 0.6) is 11.5 Å². The standard InChI is InChI=1S/C28H42N2O8/c1-4-20(17-32)5-7-23(37-18(2)33)15-24(38-19(3)34)8-6-21-13-27(36-12-11-31)26(35)16-25(21)22-9-10-30-28(29)14-22/h9,13-14,16,20,23-24,30-32,35H,4-8,10-12,15,17,29H2,1-3H3/t20-,23-,24+/m0/s1. The van der Waals surface area contributed by atoms with Gasteiger partial charge in [0, 0.05) is 33.4 Å². The fourth-order valence-corrected chi connectivity index (χ4v) is 4.48. The molecule has 38 heavy (non-hydrogen) atoms. The second-order valence-electron chi connectivity index (χ2n) is 9.46. The Morgan fingerprint density at radius 2 is 1.76 bits per heavy atom. The van der Waals surface area contributed by atoms with Crippen LogP contribution < -0.4 is 15.8 Å². The number of phenols is 1. The van der Waals surface area contributed by atoms with Gasteiger partial charge >= 0.3 is 11.9 Å². The van der Waals surface area contributed by atoms with E-state index in [0.29, 0.717) is 44.5 Å². The molecular weight excluding hydrogens is 492 g/mol. The van der Waals surface area contributed by atoms with Gasteiger partial charge in [-0.05, 0) is 66.5 Å². The summed E-state index contributed by atoms with van der Waals surface area (Å²) in [6, 6.07) is 3.32. The van der Waals surface area contributed by atoms with Crippen LogP contribution in [0.3, 0.4) is 0 Å². The van der Waals surface area contributed by atoms with Crippen molar-refractivity contribution in [1.29, 1.82) is 0 Å². The largest absolute Gasteiger partial charge is 0.504 e. The van der Waals surface area contributed by atoms with Crippen molar-refractivity contribution in [2.75, 3.05) is 26.4 Å². The molecule has 0 aromatic heterocycles. The molecule has 0 amide bonds. The van der Waals surface area contributed by atoms with Crippen molar-refractivity contribution in [2.45, 2.75) is 71.5 Å². The van der Waals surface area contributed by atoms with E-state index >= 15 is 0 Å². The number of hydrogen-bond acceptors (Lipinski definition) is 10. The molecule has 2 rings (SSSR count). The summed E-state index contributed by atoms with van der Waals surface area (Å²) in [5.41, 5.74) is 8.39. The van der Waals surface area contributed by atoms with Crippen molar-refractivity contribution in [3.05, 3.63) is 41.2 Å². The van der Waals surface area contributed by atoms with Gasteiger partial charge in [0.25, 0.3) is 0 Å². The second kappa shape index (κ2) is 15.9. The number of esters is 2. The maximum Gasteiger partial charge on any atom is 0.302 e. The Morgan fingerprint density at radius 1 is 1.08 bits per heavy atom. The zero-order valence-electron chi connectivity index (χ0n) is 22.6. The van der Waals surface area contributed by atoms with E-state index in [0.717, 1.165) is 23.1 Å². The van der Waals surface area contributed by atoms with Crippen LogP contribution >= 0.6 is 0 Å². The van der Waals surface area contributed by atoms with Gasteiger partial charge in [0.2, 0.25) is 0 Å². The first-order valence-electron chi connectivity index (χ1n) is 13.1. The molecule has 1 aliphatic rings. The number of aryl methyl sites for hydroxylation is 1. The maximum absolute atomic E-state index is 11.9. The van der Waals surface area contributed by atoms with E-state index in [9.17, 15) is 19.8 Å². The molecule has 10 nitrogen and oxygen atoms in total. The highest BCUT2D eigenvalue weighted by Gasteiger charge is 2.24. The third kappa shape index (κ3) is 10.3. The predicted molar refractivity (Wildman–Crippen MR) is 143 cm³/mol. The zero-order valence-corrected chi connectivity index (χ0v) is 22.6. The van der Waals surface area contributed by atoms with Crippen LogP contribution in [0.4, 0.5) is 0 Å². The summed E-state index contributed by atoms with van der Waals surface area (Å²) in [7, 11) is 0. The molecule has 0 radical (unpaired) electrons. The third-order valence-electron chi connectivity index (χ3n) is 6.44. The first kappa shape index (κ1) is 31.0. The number of ether oxygens (including phenoxy) is 3. The van der Waals surface area contributed by atoms with Crippen molar-refractivity contribution in [1.82, 2.24) is 5.32 Å². The first-order chi connectivity index (χ1) is 18.2. The number of allylic oxidation sites excluding steroid dienone is 2. The van der Waals surface area contributed by atoms with E-state index in [1.54, 1.807) is 18.2 Å². The van der Waals surface area contributed by atoms with Crippen molar-refractivity contribution in [3.63, 3.8) is 0 Å². The first-order valence-corrected chi connectivity index (χ1v) is 13.1. The fourth-order valence-electron chi connectivity index (χ4n) is 4.48. The highest BCUT2D eigenvalue weighted by Crippen LogP contribution is 2.35. The van der Waals surface area contributed by atoms with Gasteiger partial charge in [-0.3, -0.25) is 9.59 Å². The van der Waals surface area contributed by atoms with Crippen molar-refractivity contribution in [3.8, 4) is 11.5 Å². The normalized spacial score (nSPS) is 15.4. The summed E-state index contributed by atoms with van der Waals surface area (Å²) in [5, 5.41) is 32.3. The number of carbonyl (C=O) groups excluding carboxylic acids is 2. The minimum atomic E-state index is -0.530. The van der Waals surface area contributed by atoms with Crippen molar-refractivity contribution >= 4 is 17.5 Å². The Bertz CT molecular complexity index is 987. The lowest BCUT2D eigenvalue weighted by molar-refractivity contribution is -0.153. The average Bonchev–Trinajstić information content (AvgIpc) is 2.86. The number of nitrogens with two attached hydrogens (primary N) is 1. The molecule has 0 aliphatic carbocycles. The summed E-state index contributed by atoms with van der Waals surface area (Å²) < 4.78 is 16.7. The number of carbonyl (C=O) groups is 2. The molecule has 0 spiro atoms.